The highest BCUT2D eigenvalue weighted by atomic mass is 28.1. The quantitative estimate of drug-likeness (QED) is 0.222. The zero-order valence-corrected chi connectivity index (χ0v) is 15.6. The summed E-state index contributed by atoms with van der Waals surface area (Å²) in [6.07, 6.45) is 9.30. The van der Waals surface area contributed by atoms with Crippen LogP contribution in [0.5, 0.6) is 0 Å². The van der Waals surface area contributed by atoms with Crippen molar-refractivity contribution >= 4 is 16.2 Å². The van der Waals surface area contributed by atoms with Crippen LogP contribution >= 0.6 is 0 Å². The van der Waals surface area contributed by atoms with E-state index < -0.39 is 5.55 Å². The normalized spacial score (nSPS) is 11.6. The van der Waals surface area contributed by atoms with E-state index in [1.54, 1.807) is 6.92 Å². The summed E-state index contributed by atoms with van der Waals surface area (Å²) < 4.78 is 30.2. The third-order valence-electron chi connectivity index (χ3n) is 3.34. The average molecular weight is 320 g/mol. The van der Waals surface area contributed by atoms with Crippen LogP contribution in [0.15, 0.2) is 12.2 Å². The zero-order valence-electron chi connectivity index (χ0n) is 13.6. The molecule has 0 saturated carbocycles. The van der Waals surface area contributed by atoms with Gasteiger partial charge in [-0.25, -0.2) is 13.6 Å². The molecule has 0 unspecified atom stereocenters. The highest BCUT2D eigenvalue weighted by molar-refractivity contribution is 6.13. The van der Waals surface area contributed by atoms with Crippen LogP contribution in [0, 0.1) is 0 Å². The van der Waals surface area contributed by atoms with E-state index in [1.807, 2.05) is 0 Å². The Bertz CT molecular complexity index is 301. The molecular formula is C16H30F2O2Si. The van der Waals surface area contributed by atoms with Crippen LogP contribution in [-0.2, 0) is 9.53 Å². The Morgan fingerprint density at radius 2 is 1.43 bits per heavy atom. The first kappa shape index (κ1) is 20.3. The van der Waals surface area contributed by atoms with Crippen LogP contribution in [0.4, 0.5) is 8.78 Å². The number of ether oxygens (including phenoxy) is 1. The lowest BCUT2D eigenvalue weighted by atomic mass is 10.1. The van der Waals surface area contributed by atoms with Gasteiger partial charge in [-0.3, -0.25) is 0 Å². The summed E-state index contributed by atoms with van der Waals surface area (Å²) in [4.78, 5) is 11.1. The smallest absolute Gasteiger partial charge is 0.333 e. The number of hydrogen-bond donors (Lipinski definition) is 0. The Morgan fingerprint density at radius 1 is 1.00 bits per heavy atom. The average Bonchev–Trinajstić information content (AvgIpc) is 2.38. The summed E-state index contributed by atoms with van der Waals surface area (Å²) >= 11 is 0. The van der Waals surface area contributed by atoms with Gasteiger partial charge in [-0.2, -0.15) is 0 Å². The number of rotatable bonds is 13. The zero-order chi connectivity index (χ0) is 16.1. The number of alkyl halides is 2. The molecule has 0 saturated heterocycles. The SMILES string of the molecule is C=C(C)C(=O)OCCCCCCCCCCCC(F)(F)[SiH3]. The molecule has 124 valence electrons. The third kappa shape index (κ3) is 15.5. The largest absolute Gasteiger partial charge is 0.462 e. The monoisotopic (exact) mass is 320 g/mol. The van der Waals surface area contributed by atoms with Crippen LogP contribution < -0.4 is 0 Å². The Kier molecular flexibility index (Phi) is 11.5. The molecule has 0 heterocycles. The molecule has 0 spiro atoms. The van der Waals surface area contributed by atoms with Crippen molar-refractivity contribution in [3.8, 4) is 0 Å². The number of esters is 1. The summed E-state index contributed by atoms with van der Waals surface area (Å²) in [5.74, 6) is -0.310. The fraction of sp³-hybridized carbons (Fsp3) is 0.812. The highest BCUT2D eigenvalue weighted by Gasteiger charge is 2.18. The van der Waals surface area contributed by atoms with Crippen molar-refractivity contribution in [3.63, 3.8) is 0 Å². The molecule has 0 aliphatic rings. The van der Waals surface area contributed by atoms with Crippen molar-refractivity contribution in [2.24, 2.45) is 0 Å². The Hall–Kier alpha value is -0.713. The second-order valence-electron chi connectivity index (χ2n) is 5.92. The van der Waals surface area contributed by atoms with Gasteiger partial charge in [-0.05, 0) is 19.8 Å². The van der Waals surface area contributed by atoms with Gasteiger partial charge in [0.15, 0.2) is 0 Å². The lowest BCUT2D eigenvalue weighted by Crippen LogP contribution is -2.14. The summed E-state index contributed by atoms with van der Waals surface area (Å²) in [5.41, 5.74) is -1.92. The van der Waals surface area contributed by atoms with Crippen LogP contribution in [0.1, 0.15) is 71.1 Å². The van der Waals surface area contributed by atoms with Crippen LogP contribution in [-0.4, -0.2) is 28.4 Å². The molecule has 0 bridgehead atoms. The number of hydrogen-bond acceptors (Lipinski definition) is 2. The predicted molar refractivity (Wildman–Crippen MR) is 86.8 cm³/mol. The van der Waals surface area contributed by atoms with Crippen molar-refractivity contribution in [1.29, 1.82) is 0 Å². The highest BCUT2D eigenvalue weighted by Crippen LogP contribution is 2.18. The first-order valence-electron chi connectivity index (χ1n) is 8.03. The van der Waals surface area contributed by atoms with Gasteiger partial charge in [-0.1, -0.05) is 51.5 Å². The fourth-order valence-electron chi connectivity index (χ4n) is 2.06. The Balaban J connectivity index is 3.16. The van der Waals surface area contributed by atoms with Gasteiger partial charge in [-0.15, -0.1) is 0 Å². The van der Waals surface area contributed by atoms with E-state index >= 15 is 0 Å². The maximum Gasteiger partial charge on any atom is 0.333 e. The third-order valence-corrected chi connectivity index (χ3v) is 3.84. The second-order valence-corrected chi connectivity index (χ2v) is 7.38. The minimum absolute atomic E-state index is 0.0229. The molecule has 0 atom stereocenters. The van der Waals surface area contributed by atoms with E-state index in [0.29, 0.717) is 18.6 Å². The standard InChI is InChI=1S/C16H30F2O2Si/c1-14(2)15(19)20-13-11-9-7-5-3-4-6-8-10-12-16(17,18)21/h1,3-13H2,2,21H3. The van der Waals surface area contributed by atoms with Gasteiger partial charge in [0.05, 0.1) is 16.8 Å². The molecule has 5 heteroatoms. The molecular weight excluding hydrogens is 290 g/mol. The number of unbranched alkanes of at least 4 members (excludes halogenated alkanes) is 8. The maximum atomic E-state index is 12.6. The molecule has 0 rings (SSSR count). The predicted octanol–water partition coefficient (Wildman–Crippen LogP) is 3.96. The topological polar surface area (TPSA) is 26.3 Å². The van der Waals surface area contributed by atoms with Crippen molar-refractivity contribution in [2.75, 3.05) is 6.61 Å². The lowest BCUT2D eigenvalue weighted by molar-refractivity contribution is -0.139. The first-order valence-corrected chi connectivity index (χ1v) is 9.03. The van der Waals surface area contributed by atoms with Crippen LogP contribution in [0.2, 0.25) is 0 Å². The number of carbonyl (C=O) groups excluding carboxylic acids is 1. The minimum atomic E-state index is -2.37. The number of carbonyl (C=O) groups is 1. The van der Waals surface area contributed by atoms with E-state index in [9.17, 15) is 13.6 Å². The molecule has 0 fully saturated rings. The van der Waals surface area contributed by atoms with Crippen molar-refractivity contribution < 1.29 is 18.3 Å². The van der Waals surface area contributed by atoms with Gasteiger partial charge >= 0.3 is 5.97 Å². The van der Waals surface area contributed by atoms with E-state index in [4.69, 9.17) is 4.74 Å². The summed E-state index contributed by atoms with van der Waals surface area (Å²) in [5, 5.41) is 0. The summed E-state index contributed by atoms with van der Waals surface area (Å²) in [6.45, 7) is 5.64. The van der Waals surface area contributed by atoms with Crippen molar-refractivity contribution in [1.82, 2.24) is 0 Å². The molecule has 0 aliphatic heterocycles. The van der Waals surface area contributed by atoms with Gasteiger partial charge in [0.1, 0.15) is 0 Å². The molecule has 0 aromatic carbocycles. The molecule has 0 radical (unpaired) electrons. The maximum absolute atomic E-state index is 12.6. The first-order chi connectivity index (χ1) is 9.83. The fourth-order valence-corrected chi connectivity index (χ4v) is 2.42. The molecule has 0 aromatic heterocycles. The molecule has 0 aromatic rings. The molecule has 2 nitrogen and oxygen atoms in total. The van der Waals surface area contributed by atoms with E-state index in [2.05, 4.69) is 6.58 Å². The van der Waals surface area contributed by atoms with E-state index in [-0.39, 0.29) is 22.6 Å². The second kappa shape index (κ2) is 11.9. The molecule has 21 heavy (non-hydrogen) atoms. The van der Waals surface area contributed by atoms with Crippen LogP contribution in [0.3, 0.4) is 0 Å². The number of halogens is 2. The Labute approximate surface area is 130 Å². The minimum Gasteiger partial charge on any atom is -0.462 e. The van der Waals surface area contributed by atoms with Crippen LogP contribution in [0.25, 0.3) is 0 Å². The molecule has 0 aliphatic carbocycles. The van der Waals surface area contributed by atoms with Gasteiger partial charge in [0, 0.05) is 12.0 Å². The van der Waals surface area contributed by atoms with Crippen molar-refractivity contribution in [3.05, 3.63) is 12.2 Å². The summed E-state index contributed by atoms with van der Waals surface area (Å²) in [6, 6.07) is 0. The van der Waals surface area contributed by atoms with Gasteiger partial charge < -0.3 is 4.74 Å². The Morgan fingerprint density at radius 3 is 1.86 bits per heavy atom. The van der Waals surface area contributed by atoms with Gasteiger partial charge in [0.25, 0.3) is 0 Å². The van der Waals surface area contributed by atoms with Crippen molar-refractivity contribution in [2.45, 2.75) is 76.7 Å². The van der Waals surface area contributed by atoms with E-state index in [0.717, 1.165) is 38.5 Å². The van der Waals surface area contributed by atoms with Gasteiger partial charge in [0.2, 0.25) is 5.55 Å². The summed E-state index contributed by atoms with van der Waals surface area (Å²) in [7, 11) is -0.0229. The van der Waals surface area contributed by atoms with E-state index in [1.165, 1.54) is 12.8 Å². The molecule has 0 amide bonds. The molecule has 0 N–H and O–H groups in total. The lowest BCUT2D eigenvalue weighted by Gasteiger charge is -2.09.